The van der Waals surface area contributed by atoms with Gasteiger partial charge in [-0.2, -0.15) is 5.10 Å². The Kier molecular flexibility index (Phi) is 4.52. The van der Waals surface area contributed by atoms with Crippen LogP contribution in [-0.4, -0.2) is 27.5 Å². The van der Waals surface area contributed by atoms with Gasteiger partial charge in [0.2, 0.25) is 0 Å². The van der Waals surface area contributed by atoms with Gasteiger partial charge >= 0.3 is 0 Å². The minimum atomic E-state index is -0.500. The number of halogens is 1. The molecule has 1 rings (SSSR count). The molecule has 1 unspecified atom stereocenters. The Morgan fingerprint density at radius 2 is 2.50 bits per heavy atom. The van der Waals surface area contributed by atoms with Gasteiger partial charge in [0.1, 0.15) is 11.0 Å². The van der Waals surface area contributed by atoms with Gasteiger partial charge in [0.05, 0.1) is 18.0 Å². The van der Waals surface area contributed by atoms with E-state index >= 15 is 0 Å². The van der Waals surface area contributed by atoms with Crippen LogP contribution in [-0.2, 0) is 6.54 Å². The summed E-state index contributed by atoms with van der Waals surface area (Å²) in [4.78, 5) is 11.7. The molecular formula is C10H12BrN3O2. The summed E-state index contributed by atoms with van der Waals surface area (Å²) in [6.45, 7) is 2.13. The van der Waals surface area contributed by atoms with Crippen LogP contribution < -0.4 is 10.9 Å². The lowest BCUT2D eigenvalue weighted by Crippen LogP contribution is -2.25. The summed E-state index contributed by atoms with van der Waals surface area (Å²) < 4.78 is 1.54. The predicted molar refractivity (Wildman–Crippen MR) is 65.2 cm³/mol. The molecule has 16 heavy (non-hydrogen) atoms. The summed E-state index contributed by atoms with van der Waals surface area (Å²) in [6, 6.07) is 0. The number of rotatable bonds is 4. The Bertz CT molecular complexity index is 462. The van der Waals surface area contributed by atoms with Gasteiger partial charge in [-0.15, -0.1) is 6.42 Å². The maximum Gasteiger partial charge on any atom is 0.284 e. The molecule has 1 atom stereocenters. The van der Waals surface area contributed by atoms with Crippen molar-refractivity contribution in [3.8, 4) is 12.3 Å². The van der Waals surface area contributed by atoms with E-state index in [1.807, 2.05) is 0 Å². The molecule has 1 heterocycles. The molecule has 0 aromatic carbocycles. The molecule has 0 aliphatic heterocycles. The van der Waals surface area contributed by atoms with Gasteiger partial charge in [-0.25, -0.2) is 4.68 Å². The van der Waals surface area contributed by atoms with Crippen LogP contribution >= 0.6 is 15.9 Å². The predicted octanol–water partition coefficient (Wildman–Crippen LogP) is 0.432. The van der Waals surface area contributed by atoms with Crippen LogP contribution in [0.4, 0.5) is 5.69 Å². The van der Waals surface area contributed by atoms with Crippen molar-refractivity contribution in [1.29, 1.82) is 0 Å². The number of hydrogen-bond acceptors (Lipinski definition) is 4. The lowest BCUT2D eigenvalue weighted by Gasteiger charge is -2.10. The van der Waals surface area contributed by atoms with Crippen LogP contribution in [0.25, 0.3) is 0 Å². The fourth-order valence-electron chi connectivity index (χ4n) is 1.05. The molecule has 0 aliphatic rings. The van der Waals surface area contributed by atoms with E-state index in [0.29, 0.717) is 16.7 Å². The monoisotopic (exact) mass is 285 g/mol. The second-order valence-electron chi connectivity index (χ2n) is 3.27. The number of anilines is 1. The molecular weight excluding hydrogens is 274 g/mol. The molecule has 0 aliphatic carbocycles. The lowest BCUT2D eigenvalue weighted by atomic mass is 10.4. The summed E-state index contributed by atoms with van der Waals surface area (Å²) in [6.07, 6.45) is 6.09. The minimum absolute atomic E-state index is 0.133. The highest BCUT2D eigenvalue weighted by atomic mass is 79.9. The largest absolute Gasteiger partial charge is 0.392 e. The molecule has 5 nitrogen and oxygen atoms in total. The maximum absolute atomic E-state index is 11.7. The first-order valence-electron chi connectivity index (χ1n) is 4.67. The van der Waals surface area contributed by atoms with E-state index in [1.165, 1.54) is 10.9 Å². The van der Waals surface area contributed by atoms with E-state index < -0.39 is 6.10 Å². The van der Waals surface area contributed by atoms with E-state index in [2.05, 4.69) is 32.3 Å². The molecule has 0 saturated heterocycles. The van der Waals surface area contributed by atoms with Gasteiger partial charge in [-0.1, -0.05) is 5.92 Å². The summed E-state index contributed by atoms with van der Waals surface area (Å²) >= 11 is 3.17. The van der Waals surface area contributed by atoms with Crippen molar-refractivity contribution in [2.75, 3.05) is 11.9 Å². The van der Waals surface area contributed by atoms with E-state index in [4.69, 9.17) is 11.5 Å². The van der Waals surface area contributed by atoms with Crippen LogP contribution in [0.1, 0.15) is 6.92 Å². The highest BCUT2D eigenvalue weighted by Gasteiger charge is 2.08. The van der Waals surface area contributed by atoms with E-state index in [1.54, 1.807) is 6.92 Å². The van der Waals surface area contributed by atoms with Crippen molar-refractivity contribution in [1.82, 2.24) is 9.78 Å². The first-order valence-corrected chi connectivity index (χ1v) is 5.46. The molecule has 0 radical (unpaired) electrons. The number of nitrogens with zero attached hydrogens (tertiary/aromatic N) is 2. The zero-order valence-electron chi connectivity index (χ0n) is 8.77. The zero-order valence-corrected chi connectivity index (χ0v) is 10.4. The number of aliphatic hydroxyl groups excluding tert-OH is 1. The van der Waals surface area contributed by atoms with Gasteiger partial charge in [-0.05, 0) is 22.9 Å². The van der Waals surface area contributed by atoms with Gasteiger partial charge in [0.15, 0.2) is 0 Å². The summed E-state index contributed by atoms with van der Waals surface area (Å²) in [5, 5.41) is 15.9. The second-order valence-corrected chi connectivity index (χ2v) is 4.06. The molecule has 1 aromatic heterocycles. The quantitative estimate of drug-likeness (QED) is 0.788. The van der Waals surface area contributed by atoms with Crippen LogP contribution in [0.5, 0.6) is 0 Å². The van der Waals surface area contributed by atoms with Crippen molar-refractivity contribution < 1.29 is 5.11 Å². The number of terminal acetylenes is 1. The van der Waals surface area contributed by atoms with Crippen LogP contribution in [0, 0.1) is 12.3 Å². The summed E-state index contributed by atoms with van der Waals surface area (Å²) in [5.41, 5.74) is 0.243. The van der Waals surface area contributed by atoms with Crippen molar-refractivity contribution in [2.24, 2.45) is 0 Å². The fraction of sp³-hybridized carbons (Fsp3) is 0.400. The van der Waals surface area contributed by atoms with Gasteiger partial charge in [-0.3, -0.25) is 4.79 Å². The third-order valence-electron chi connectivity index (χ3n) is 1.81. The molecule has 0 saturated carbocycles. The van der Waals surface area contributed by atoms with Crippen molar-refractivity contribution >= 4 is 21.6 Å². The van der Waals surface area contributed by atoms with Crippen molar-refractivity contribution in [2.45, 2.75) is 19.6 Å². The van der Waals surface area contributed by atoms with Crippen molar-refractivity contribution in [3.63, 3.8) is 0 Å². The Labute approximate surface area is 102 Å². The zero-order chi connectivity index (χ0) is 12.1. The van der Waals surface area contributed by atoms with Crippen LogP contribution in [0.15, 0.2) is 15.5 Å². The molecule has 0 amide bonds. The van der Waals surface area contributed by atoms with E-state index in [-0.39, 0.29) is 12.1 Å². The van der Waals surface area contributed by atoms with E-state index in [0.717, 1.165) is 0 Å². The molecule has 0 spiro atoms. The Balaban J connectivity index is 2.94. The first kappa shape index (κ1) is 12.7. The third kappa shape index (κ3) is 3.08. The maximum atomic E-state index is 11.7. The normalized spacial score (nSPS) is 11.9. The molecule has 2 N–H and O–H groups in total. The summed E-state index contributed by atoms with van der Waals surface area (Å²) in [5.74, 6) is 2.34. The SMILES string of the molecule is C#CCn1ncc(NCC(C)O)c(Br)c1=O. The second kappa shape index (κ2) is 5.68. The van der Waals surface area contributed by atoms with E-state index in [9.17, 15) is 4.79 Å². The average Bonchev–Trinajstić information content (AvgIpc) is 2.24. The van der Waals surface area contributed by atoms with Crippen LogP contribution in [0.3, 0.4) is 0 Å². The lowest BCUT2D eigenvalue weighted by molar-refractivity contribution is 0.208. The van der Waals surface area contributed by atoms with Gasteiger partial charge in [0.25, 0.3) is 5.56 Å². The highest BCUT2D eigenvalue weighted by Crippen LogP contribution is 2.15. The molecule has 6 heteroatoms. The summed E-state index contributed by atoms with van der Waals surface area (Å²) in [7, 11) is 0. The number of nitrogens with one attached hydrogen (secondary N) is 1. The molecule has 0 fully saturated rings. The molecule has 86 valence electrons. The van der Waals surface area contributed by atoms with Gasteiger partial charge < -0.3 is 10.4 Å². The number of aliphatic hydroxyl groups is 1. The highest BCUT2D eigenvalue weighted by molar-refractivity contribution is 9.10. The average molecular weight is 286 g/mol. The van der Waals surface area contributed by atoms with Crippen LogP contribution in [0.2, 0.25) is 0 Å². The number of hydrogen-bond donors (Lipinski definition) is 2. The standard InChI is InChI=1S/C10H12BrN3O2/c1-3-4-14-10(16)9(11)8(6-13-14)12-5-7(2)15/h1,6-7,12,15H,4-5H2,2H3. The first-order chi connectivity index (χ1) is 7.56. The Morgan fingerprint density at radius 1 is 1.81 bits per heavy atom. The topological polar surface area (TPSA) is 67.2 Å². The third-order valence-corrected chi connectivity index (χ3v) is 2.58. The minimum Gasteiger partial charge on any atom is -0.392 e. The Hall–Kier alpha value is -1.32. The van der Waals surface area contributed by atoms with Gasteiger partial charge in [0, 0.05) is 6.54 Å². The fourth-order valence-corrected chi connectivity index (χ4v) is 1.49. The number of aromatic nitrogens is 2. The Morgan fingerprint density at radius 3 is 3.06 bits per heavy atom. The smallest absolute Gasteiger partial charge is 0.284 e. The van der Waals surface area contributed by atoms with Crippen molar-refractivity contribution in [3.05, 3.63) is 21.0 Å². The molecule has 1 aromatic rings. The molecule has 0 bridgehead atoms.